The molecule has 1 saturated carbocycles. The third kappa shape index (κ3) is 4.61. The maximum atomic E-state index is 14.1. The number of carbonyl (C=O) groups excluding carboxylic acids is 1. The summed E-state index contributed by atoms with van der Waals surface area (Å²) < 4.78 is 15.9. The summed E-state index contributed by atoms with van der Waals surface area (Å²) in [6, 6.07) is 9.09. The first-order chi connectivity index (χ1) is 12.5. The zero-order valence-corrected chi connectivity index (χ0v) is 17.3. The molecule has 3 atom stereocenters. The van der Waals surface area contributed by atoms with Crippen LogP contribution in [0.25, 0.3) is 0 Å². The van der Waals surface area contributed by atoms with Crippen LogP contribution in [0, 0.1) is 5.92 Å². The summed E-state index contributed by atoms with van der Waals surface area (Å²) in [7, 11) is 0. The van der Waals surface area contributed by atoms with Crippen LogP contribution in [0.3, 0.4) is 0 Å². The number of aromatic nitrogens is 1. The predicted molar refractivity (Wildman–Crippen MR) is 109 cm³/mol. The number of anilines is 1. The minimum atomic E-state index is -0.907. The van der Waals surface area contributed by atoms with E-state index in [4.69, 9.17) is 11.6 Å². The number of carbonyl (C=O) groups is 1. The molecule has 2 aromatic rings. The van der Waals surface area contributed by atoms with Gasteiger partial charge in [0, 0.05) is 33.1 Å². The molecule has 0 bridgehead atoms. The van der Waals surface area contributed by atoms with Gasteiger partial charge in [-0.1, -0.05) is 35.9 Å². The van der Waals surface area contributed by atoms with Gasteiger partial charge in [-0.05, 0) is 61.7 Å². The van der Waals surface area contributed by atoms with Crippen molar-refractivity contribution < 1.29 is 9.18 Å². The van der Waals surface area contributed by atoms with E-state index < -0.39 is 6.17 Å². The molecular weight excluding hydrogens is 486 g/mol. The second-order valence-corrected chi connectivity index (χ2v) is 7.86. The molecule has 1 amide bonds. The number of alkyl halides is 1. The molecule has 3 nitrogen and oxygen atoms in total. The van der Waals surface area contributed by atoms with Gasteiger partial charge in [0.15, 0.2) is 5.15 Å². The van der Waals surface area contributed by atoms with Crippen LogP contribution in [-0.2, 0) is 4.79 Å². The molecule has 1 fully saturated rings. The molecule has 0 radical (unpaired) electrons. The van der Waals surface area contributed by atoms with E-state index in [9.17, 15) is 9.18 Å². The van der Waals surface area contributed by atoms with E-state index in [0.717, 1.165) is 14.5 Å². The average Bonchev–Trinajstić information content (AvgIpc) is 3.26. The summed E-state index contributed by atoms with van der Waals surface area (Å²) >= 11 is 12.7. The van der Waals surface area contributed by atoms with Crippen LogP contribution < -0.4 is 5.32 Å². The van der Waals surface area contributed by atoms with Crippen LogP contribution in [-0.4, -0.2) is 17.1 Å². The Bertz CT molecular complexity index is 888. The lowest BCUT2D eigenvalue weighted by Gasteiger charge is -2.02. The number of benzene rings is 1. The first-order valence-corrected chi connectivity index (χ1v) is 9.79. The number of halogens is 4. The number of pyridine rings is 1. The van der Waals surface area contributed by atoms with Crippen molar-refractivity contribution in [2.24, 2.45) is 5.92 Å². The highest BCUT2D eigenvalue weighted by atomic mass is 79.9. The van der Waals surface area contributed by atoms with Crippen molar-refractivity contribution >= 4 is 55.1 Å². The first kappa shape index (κ1) is 19.3. The quantitative estimate of drug-likeness (QED) is 0.308. The van der Waals surface area contributed by atoms with Gasteiger partial charge in [-0.15, -0.1) is 0 Å². The van der Waals surface area contributed by atoms with Gasteiger partial charge in [0.1, 0.15) is 6.17 Å². The second-order valence-electron chi connectivity index (χ2n) is 5.80. The molecule has 26 heavy (non-hydrogen) atoms. The highest BCUT2D eigenvalue weighted by molar-refractivity contribution is 9.13. The van der Waals surface area contributed by atoms with Crippen molar-refractivity contribution in [1.29, 1.82) is 0 Å². The standard InChI is InChI=1S/C19H14Br2ClFN2O/c20-13-8-7-11(10-14(13)21)17-12(18(17)23)4-1-2-6-16(26)25-15-5-3-9-24-19(15)22/h1-10,12,17-18H,(H,25,26)/b4-1+,6-2+. The number of nitrogens with zero attached hydrogens (tertiary/aromatic N) is 1. The molecule has 0 aliphatic heterocycles. The van der Waals surface area contributed by atoms with Crippen molar-refractivity contribution in [2.75, 3.05) is 5.32 Å². The molecule has 134 valence electrons. The third-order valence-electron chi connectivity index (χ3n) is 4.02. The maximum Gasteiger partial charge on any atom is 0.248 e. The first-order valence-electron chi connectivity index (χ1n) is 7.83. The number of allylic oxidation sites excluding steroid dienone is 3. The topological polar surface area (TPSA) is 42.0 Å². The van der Waals surface area contributed by atoms with Gasteiger partial charge >= 0.3 is 0 Å². The molecule has 7 heteroatoms. The normalized spacial score (nSPS) is 22.1. The lowest BCUT2D eigenvalue weighted by molar-refractivity contribution is -0.111. The van der Waals surface area contributed by atoms with Crippen LogP contribution in [0.5, 0.6) is 0 Å². The van der Waals surface area contributed by atoms with E-state index in [1.165, 1.54) is 6.08 Å². The van der Waals surface area contributed by atoms with Crippen LogP contribution in [0.15, 0.2) is 69.8 Å². The lowest BCUT2D eigenvalue weighted by Crippen LogP contribution is -2.08. The third-order valence-corrected chi connectivity index (χ3v) is 6.20. The molecule has 1 heterocycles. The van der Waals surface area contributed by atoms with Gasteiger partial charge in [-0.25, -0.2) is 9.37 Å². The fourth-order valence-electron chi connectivity index (χ4n) is 2.64. The summed E-state index contributed by atoms with van der Waals surface area (Å²) in [4.78, 5) is 15.7. The molecule has 1 aliphatic rings. The summed E-state index contributed by atoms with van der Waals surface area (Å²) in [6.45, 7) is 0. The van der Waals surface area contributed by atoms with Gasteiger partial charge in [-0.3, -0.25) is 4.79 Å². The number of nitrogens with one attached hydrogen (secondary N) is 1. The molecule has 0 saturated heterocycles. The van der Waals surface area contributed by atoms with Crippen LogP contribution in [0.4, 0.5) is 10.1 Å². The number of hydrogen-bond donors (Lipinski definition) is 1. The number of amides is 1. The van der Waals surface area contributed by atoms with Crippen molar-refractivity contribution in [3.05, 3.63) is 80.5 Å². The van der Waals surface area contributed by atoms with E-state index >= 15 is 0 Å². The predicted octanol–water partition coefficient (Wildman–Crippen LogP) is 6.06. The average molecular weight is 501 g/mol. The Morgan fingerprint density at radius 2 is 2.04 bits per heavy atom. The van der Waals surface area contributed by atoms with E-state index in [0.29, 0.717) is 5.69 Å². The highest BCUT2D eigenvalue weighted by Gasteiger charge is 2.50. The SMILES string of the molecule is O=C(/C=C/C=C/C1C(F)C1c1ccc(Br)c(Br)c1)Nc1cccnc1Cl. The summed E-state index contributed by atoms with van der Waals surface area (Å²) in [5.41, 5.74) is 1.40. The molecule has 1 aromatic carbocycles. The number of hydrogen-bond acceptors (Lipinski definition) is 2. The zero-order chi connectivity index (χ0) is 18.7. The molecule has 1 aromatic heterocycles. The fourth-order valence-corrected chi connectivity index (χ4v) is 3.45. The smallest absolute Gasteiger partial charge is 0.248 e. The molecular formula is C19H14Br2ClFN2O. The van der Waals surface area contributed by atoms with Gasteiger partial charge in [-0.2, -0.15) is 0 Å². The Morgan fingerprint density at radius 1 is 1.23 bits per heavy atom. The van der Waals surface area contributed by atoms with Crippen LogP contribution >= 0.6 is 43.5 Å². The van der Waals surface area contributed by atoms with Gasteiger partial charge in [0.05, 0.1) is 5.69 Å². The van der Waals surface area contributed by atoms with Crippen molar-refractivity contribution in [1.82, 2.24) is 4.98 Å². The summed E-state index contributed by atoms with van der Waals surface area (Å²) in [5.74, 6) is -0.652. The van der Waals surface area contributed by atoms with Gasteiger partial charge in [0.25, 0.3) is 0 Å². The summed E-state index contributed by atoms with van der Waals surface area (Å²) in [5, 5.41) is 2.86. The minimum Gasteiger partial charge on any atom is -0.320 e. The van der Waals surface area contributed by atoms with E-state index in [1.54, 1.807) is 36.6 Å². The fraction of sp³-hybridized carbons (Fsp3) is 0.158. The Kier molecular flexibility index (Phi) is 6.27. The van der Waals surface area contributed by atoms with Crippen molar-refractivity contribution in [2.45, 2.75) is 12.1 Å². The highest BCUT2D eigenvalue weighted by Crippen LogP contribution is 2.51. The second kappa shape index (κ2) is 8.46. The van der Waals surface area contributed by atoms with Gasteiger partial charge < -0.3 is 5.32 Å². The van der Waals surface area contributed by atoms with Crippen LogP contribution in [0.1, 0.15) is 11.5 Å². The Labute approximate surface area is 172 Å². The van der Waals surface area contributed by atoms with E-state index in [2.05, 4.69) is 42.2 Å². The van der Waals surface area contributed by atoms with Gasteiger partial charge in [0.2, 0.25) is 5.91 Å². The van der Waals surface area contributed by atoms with Crippen molar-refractivity contribution in [3.8, 4) is 0 Å². The lowest BCUT2D eigenvalue weighted by atomic mass is 10.1. The van der Waals surface area contributed by atoms with E-state index in [1.807, 2.05) is 18.2 Å². The van der Waals surface area contributed by atoms with Crippen LogP contribution in [0.2, 0.25) is 5.15 Å². The monoisotopic (exact) mass is 498 g/mol. The largest absolute Gasteiger partial charge is 0.320 e. The minimum absolute atomic E-state index is 0.146. The molecule has 3 rings (SSSR count). The Hall–Kier alpha value is -1.50. The van der Waals surface area contributed by atoms with Crippen molar-refractivity contribution in [3.63, 3.8) is 0 Å². The zero-order valence-electron chi connectivity index (χ0n) is 13.4. The Balaban J connectivity index is 1.55. The number of rotatable bonds is 5. The van der Waals surface area contributed by atoms with E-state index in [-0.39, 0.29) is 22.9 Å². The molecule has 3 unspecified atom stereocenters. The molecule has 0 spiro atoms. The summed E-state index contributed by atoms with van der Waals surface area (Å²) in [6.07, 6.45) is 7.05. The Morgan fingerprint density at radius 3 is 2.77 bits per heavy atom. The molecule has 1 N–H and O–H groups in total. The molecule has 1 aliphatic carbocycles. The maximum absolute atomic E-state index is 14.1.